The maximum absolute atomic E-state index is 10.2. The molecule has 1 N–H and O–H groups in total. The van der Waals surface area contributed by atoms with E-state index in [-0.39, 0.29) is 0 Å². The van der Waals surface area contributed by atoms with Gasteiger partial charge in [0.2, 0.25) is 0 Å². The van der Waals surface area contributed by atoms with Crippen molar-refractivity contribution in [3.05, 3.63) is 0 Å². The van der Waals surface area contributed by atoms with Gasteiger partial charge in [0.05, 0.1) is 0 Å². The smallest absolute Gasteiger partial charge is 0.332 e. The van der Waals surface area contributed by atoms with Crippen LogP contribution in [-0.4, -0.2) is 30.1 Å². The summed E-state index contributed by atoms with van der Waals surface area (Å²) in [6.07, 6.45) is -0.280. The monoisotopic (exact) mass is 132 g/mol. The van der Waals surface area contributed by atoms with Crippen LogP contribution < -0.4 is 0 Å². The van der Waals surface area contributed by atoms with Gasteiger partial charge in [0, 0.05) is 0 Å². The van der Waals surface area contributed by atoms with Crippen molar-refractivity contribution in [1.29, 1.82) is 0 Å². The number of esters is 1. The van der Waals surface area contributed by atoms with E-state index in [2.05, 4.69) is 4.74 Å². The van der Waals surface area contributed by atoms with E-state index in [0.717, 1.165) is 0 Å². The molecule has 0 radical (unpaired) electrons. The van der Waals surface area contributed by atoms with Crippen molar-refractivity contribution in [2.75, 3.05) is 6.61 Å². The molecule has 0 rings (SSSR count). The zero-order valence-electron chi connectivity index (χ0n) is 5.03. The molecule has 0 bridgehead atoms. The third-order valence-corrected chi connectivity index (χ3v) is 0.638. The molecule has 52 valence electrons. The first-order chi connectivity index (χ1) is 4.20. The Morgan fingerprint density at radius 1 is 1.89 bits per heavy atom. The van der Waals surface area contributed by atoms with Crippen LogP contribution in [0.3, 0.4) is 0 Å². The van der Waals surface area contributed by atoms with E-state index in [4.69, 9.17) is 5.11 Å². The van der Waals surface area contributed by atoms with Gasteiger partial charge in [-0.2, -0.15) is 0 Å². The molecule has 0 heterocycles. The molecule has 0 saturated carbocycles. The summed E-state index contributed by atoms with van der Waals surface area (Å²) in [5.41, 5.74) is 0. The minimum absolute atomic E-state index is 0.480. The van der Waals surface area contributed by atoms with Gasteiger partial charge in [0.1, 0.15) is 6.61 Å². The standard InChI is InChI=1S/C5H8O4/c1-4(2-6)9-5(8)3-7/h2,4,7H,3H2,1H3. The van der Waals surface area contributed by atoms with Gasteiger partial charge < -0.3 is 9.84 Å². The van der Waals surface area contributed by atoms with Crippen LogP contribution in [0.5, 0.6) is 0 Å². The molecule has 0 spiro atoms. The molecule has 0 aromatic carbocycles. The van der Waals surface area contributed by atoms with E-state index >= 15 is 0 Å². The highest BCUT2D eigenvalue weighted by molar-refractivity contribution is 5.73. The Balaban J connectivity index is 3.46. The molecule has 1 atom stereocenters. The Morgan fingerprint density at radius 2 is 2.44 bits per heavy atom. The number of aliphatic hydroxyl groups excluding tert-OH is 1. The molecule has 4 nitrogen and oxygen atoms in total. The summed E-state index contributed by atoms with van der Waals surface area (Å²) in [5.74, 6) is -0.783. The largest absolute Gasteiger partial charge is 0.453 e. The van der Waals surface area contributed by atoms with Crippen LogP contribution in [0, 0.1) is 0 Å². The van der Waals surface area contributed by atoms with E-state index in [0.29, 0.717) is 6.29 Å². The van der Waals surface area contributed by atoms with Crippen LogP contribution in [0.2, 0.25) is 0 Å². The Labute approximate surface area is 52.4 Å². The van der Waals surface area contributed by atoms with Crippen molar-refractivity contribution >= 4 is 12.3 Å². The maximum Gasteiger partial charge on any atom is 0.332 e. The maximum atomic E-state index is 10.2. The van der Waals surface area contributed by atoms with Crippen LogP contribution >= 0.6 is 0 Å². The Morgan fingerprint density at radius 3 is 2.78 bits per heavy atom. The molecular weight excluding hydrogens is 124 g/mol. The molecule has 0 fully saturated rings. The predicted octanol–water partition coefficient (Wildman–Crippen LogP) is -0.891. The highest BCUT2D eigenvalue weighted by Gasteiger charge is 2.04. The Bertz CT molecular complexity index is 110. The fourth-order valence-electron chi connectivity index (χ4n) is 0.272. The average Bonchev–Trinajstić information content (AvgIpc) is 1.87. The first-order valence-electron chi connectivity index (χ1n) is 2.46. The topological polar surface area (TPSA) is 63.6 Å². The Kier molecular flexibility index (Phi) is 3.62. The summed E-state index contributed by atoms with van der Waals surface area (Å²) in [6.45, 7) is 0.735. The lowest BCUT2D eigenvalue weighted by molar-refractivity contribution is -0.153. The third kappa shape index (κ3) is 3.66. The second kappa shape index (κ2) is 4.03. The van der Waals surface area contributed by atoms with Crippen LogP contribution in [-0.2, 0) is 14.3 Å². The second-order valence-corrected chi connectivity index (χ2v) is 1.49. The van der Waals surface area contributed by atoms with Crippen molar-refractivity contribution in [2.45, 2.75) is 13.0 Å². The van der Waals surface area contributed by atoms with Gasteiger partial charge >= 0.3 is 5.97 Å². The molecule has 0 aliphatic heterocycles. The van der Waals surface area contributed by atoms with E-state index < -0.39 is 18.7 Å². The molecule has 9 heavy (non-hydrogen) atoms. The molecule has 0 saturated heterocycles. The van der Waals surface area contributed by atoms with Crippen LogP contribution in [0.1, 0.15) is 6.92 Å². The summed E-state index contributed by atoms with van der Waals surface area (Å²) in [4.78, 5) is 19.9. The number of ether oxygens (including phenoxy) is 1. The number of carbonyl (C=O) groups excluding carboxylic acids is 2. The van der Waals surface area contributed by atoms with Crippen molar-refractivity contribution in [2.24, 2.45) is 0 Å². The van der Waals surface area contributed by atoms with Crippen LogP contribution in [0.4, 0.5) is 0 Å². The summed E-state index contributed by atoms with van der Waals surface area (Å²) < 4.78 is 4.29. The summed E-state index contributed by atoms with van der Waals surface area (Å²) >= 11 is 0. The number of aliphatic hydroxyl groups is 1. The molecular formula is C5H8O4. The molecule has 1 unspecified atom stereocenters. The number of hydrogen-bond donors (Lipinski definition) is 1. The highest BCUT2D eigenvalue weighted by Crippen LogP contribution is 1.84. The first-order valence-corrected chi connectivity index (χ1v) is 2.46. The lowest BCUT2D eigenvalue weighted by atomic mass is 10.5. The van der Waals surface area contributed by atoms with Crippen molar-refractivity contribution in [3.8, 4) is 0 Å². The predicted molar refractivity (Wildman–Crippen MR) is 28.7 cm³/mol. The zero-order valence-corrected chi connectivity index (χ0v) is 5.03. The van der Waals surface area contributed by atoms with E-state index in [1.54, 1.807) is 0 Å². The van der Waals surface area contributed by atoms with Crippen molar-refractivity contribution in [1.82, 2.24) is 0 Å². The minimum Gasteiger partial charge on any atom is -0.453 e. The number of hydrogen-bond acceptors (Lipinski definition) is 4. The van der Waals surface area contributed by atoms with Crippen LogP contribution in [0.25, 0.3) is 0 Å². The molecule has 0 aliphatic rings. The molecule has 4 heteroatoms. The highest BCUT2D eigenvalue weighted by atomic mass is 16.6. The van der Waals surface area contributed by atoms with Gasteiger partial charge in [-0.1, -0.05) is 0 Å². The van der Waals surface area contributed by atoms with Crippen molar-refractivity contribution in [3.63, 3.8) is 0 Å². The summed E-state index contributed by atoms with van der Waals surface area (Å²) in [6, 6.07) is 0. The Hall–Kier alpha value is -0.900. The summed E-state index contributed by atoms with van der Waals surface area (Å²) in [5, 5.41) is 8.09. The van der Waals surface area contributed by atoms with Crippen LogP contribution in [0.15, 0.2) is 0 Å². The van der Waals surface area contributed by atoms with Gasteiger partial charge in [0.25, 0.3) is 0 Å². The zero-order chi connectivity index (χ0) is 7.28. The molecule has 0 aromatic rings. The van der Waals surface area contributed by atoms with Gasteiger partial charge in [-0.05, 0) is 6.92 Å². The van der Waals surface area contributed by atoms with Gasteiger partial charge in [-0.3, -0.25) is 4.79 Å². The normalized spacial score (nSPS) is 12.2. The summed E-state index contributed by atoms with van der Waals surface area (Å²) in [7, 11) is 0. The number of aldehydes is 1. The number of carbonyl (C=O) groups is 2. The number of rotatable bonds is 3. The van der Waals surface area contributed by atoms with Gasteiger partial charge in [0.15, 0.2) is 12.4 Å². The molecule has 0 aliphatic carbocycles. The lowest BCUT2D eigenvalue weighted by Crippen LogP contribution is -2.18. The quantitative estimate of drug-likeness (QED) is 0.399. The second-order valence-electron chi connectivity index (χ2n) is 1.49. The minimum atomic E-state index is -0.783. The average molecular weight is 132 g/mol. The molecule has 0 amide bonds. The SMILES string of the molecule is CC(C=O)OC(=O)CO. The molecule has 0 aromatic heterocycles. The van der Waals surface area contributed by atoms with Gasteiger partial charge in [-0.15, -0.1) is 0 Å². The fraction of sp³-hybridized carbons (Fsp3) is 0.600. The van der Waals surface area contributed by atoms with E-state index in [1.807, 2.05) is 0 Å². The lowest BCUT2D eigenvalue weighted by Gasteiger charge is -2.02. The van der Waals surface area contributed by atoms with Crippen molar-refractivity contribution < 1.29 is 19.4 Å². The van der Waals surface area contributed by atoms with E-state index in [9.17, 15) is 9.59 Å². The third-order valence-electron chi connectivity index (χ3n) is 0.638. The fourth-order valence-corrected chi connectivity index (χ4v) is 0.272. The van der Waals surface area contributed by atoms with E-state index in [1.165, 1.54) is 6.92 Å². The first kappa shape index (κ1) is 8.10. The van der Waals surface area contributed by atoms with Gasteiger partial charge in [-0.25, -0.2) is 4.79 Å².